The van der Waals surface area contributed by atoms with Crippen molar-refractivity contribution in [2.45, 2.75) is 12.5 Å². The lowest BCUT2D eigenvalue weighted by Crippen LogP contribution is -2.56. The maximum Gasteiger partial charge on any atom is 0.237 e. The average Bonchev–Trinajstić information content (AvgIpc) is 2.58. The molecule has 1 heterocycles. The van der Waals surface area contributed by atoms with Gasteiger partial charge in [-0.25, -0.2) is 0 Å². The molecule has 1 aliphatic heterocycles. The Balaban J connectivity index is 1.96. The van der Waals surface area contributed by atoms with Crippen LogP contribution in [0.25, 0.3) is 6.08 Å². The van der Waals surface area contributed by atoms with E-state index in [0.29, 0.717) is 19.6 Å². The predicted octanol–water partition coefficient (Wildman–Crippen LogP) is 0.341. The number of rotatable bonds is 7. The molecule has 0 radical (unpaired) electrons. The van der Waals surface area contributed by atoms with Crippen LogP contribution in [0.3, 0.4) is 0 Å². The Bertz CT molecular complexity index is 574. The largest absolute Gasteiger partial charge is 0.395 e. The molecule has 6 heteroatoms. The highest BCUT2D eigenvalue weighted by Crippen LogP contribution is 2.11. The lowest BCUT2D eigenvalue weighted by atomic mass is 10.1. The van der Waals surface area contributed by atoms with Crippen molar-refractivity contribution >= 4 is 17.9 Å². The number of amides is 2. The van der Waals surface area contributed by atoms with Crippen molar-refractivity contribution < 1.29 is 14.7 Å². The molecule has 0 spiro atoms. The van der Waals surface area contributed by atoms with Gasteiger partial charge in [0.25, 0.3) is 0 Å². The van der Waals surface area contributed by atoms with Gasteiger partial charge in [0.05, 0.1) is 19.1 Å². The van der Waals surface area contributed by atoms with Crippen molar-refractivity contribution in [2.75, 3.05) is 39.8 Å². The van der Waals surface area contributed by atoms with Crippen LogP contribution in [0, 0.1) is 0 Å². The summed E-state index contributed by atoms with van der Waals surface area (Å²) in [4.78, 5) is 27.8. The van der Waals surface area contributed by atoms with E-state index in [1.807, 2.05) is 47.4 Å². The van der Waals surface area contributed by atoms with Crippen molar-refractivity contribution in [1.29, 1.82) is 0 Å². The zero-order chi connectivity index (χ0) is 17.4. The van der Waals surface area contributed by atoms with Gasteiger partial charge in [0.2, 0.25) is 11.8 Å². The van der Waals surface area contributed by atoms with Gasteiger partial charge >= 0.3 is 0 Å². The van der Waals surface area contributed by atoms with Gasteiger partial charge < -0.3 is 15.3 Å². The molecule has 1 aliphatic rings. The standard InChI is InChI=1S/C18H25N3O3/c1-20(12-13-22)17(23)14-16-18(24)19-9-11-21(16)10-5-8-15-6-3-2-4-7-15/h2-8,16,22H,9-14H2,1H3,(H,19,24)/b8-5+/t16-/m0/s1. The first-order valence-corrected chi connectivity index (χ1v) is 8.20. The first-order chi connectivity index (χ1) is 11.6. The SMILES string of the molecule is CN(CCO)C(=O)C[C@H]1C(=O)NCCN1C/C=C/c1ccccc1. The first kappa shape index (κ1) is 18.2. The molecule has 24 heavy (non-hydrogen) atoms. The van der Waals surface area contributed by atoms with Gasteiger partial charge in [0.1, 0.15) is 0 Å². The molecule has 1 saturated heterocycles. The molecule has 2 N–H and O–H groups in total. The molecule has 6 nitrogen and oxygen atoms in total. The van der Waals surface area contributed by atoms with Crippen molar-refractivity contribution in [1.82, 2.24) is 15.1 Å². The van der Waals surface area contributed by atoms with E-state index in [2.05, 4.69) is 5.32 Å². The Morgan fingerprint density at radius 3 is 2.88 bits per heavy atom. The minimum absolute atomic E-state index is 0.0807. The zero-order valence-electron chi connectivity index (χ0n) is 14.0. The minimum Gasteiger partial charge on any atom is -0.395 e. The molecule has 0 aromatic heterocycles. The van der Waals surface area contributed by atoms with Crippen LogP contribution in [0.1, 0.15) is 12.0 Å². The number of hydrogen-bond donors (Lipinski definition) is 2. The van der Waals surface area contributed by atoms with Gasteiger partial charge in [-0.2, -0.15) is 0 Å². The van der Waals surface area contributed by atoms with E-state index in [0.717, 1.165) is 5.56 Å². The number of nitrogens with zero attached hydrogens (tertiary/aromatic N) is 2. The zero-order valence-corrected chi connectivity index (χ0v) is 14.0. The van der Waals surface area contributed by atoms with E-state index in [-0.39, 0.29) is 31.4 Å². The number of likely N-dealkylation sites (N-methyl/N-ethyl adjacent to an activating group) is 1. The Morgan fingerprint density at radius 2 is 2.17 bits per heavy atom. The molecular weight excluding hydrogens is 306 g/mol. The number of carbonyl (C=O) groups excluding carboxylic acids is 2. The number of nitrogens with one attached hydrogen (secondary N) is 1. The molecular formula is C18H25N3O3. The maximum atomic E-state index is 12.2. The molecule has 0 aliphatic carbocycles. The van der Waals surface area contributed by atoms with Crippen LogP contribution >= 0.6 is 0 Å². The summed E-state index contributed by atoms with van der Waals surface area (Å²) in [6.45, 7) is 2.12. The monoisotopic (exact) mass is 331 g/mol. The fourth-order valence-corrected chi connectivity index (χ4v) is 2.69. The van der Waals surface area contributed by atoms with Crippen LogP contribution in [-0.4, -0.2) is 72.6 Å². The molecule has 2 amide bonds. The smallest absolute Gasteiger partial charge is 0.237 e. The number of piperazine rings is 1. The predicted molar refractivity (Wildman–Crippen MR) is 93.2 cm³/mol. The Labute approximate surface area is 142 Å². The fraction of sp³-hybridized carbons (Fsp3) is 0.444. The van der Waals surface area contributed by atoms with E-state index in [1.54, 1.807) is 7.05 Å². The van der Waals surface area contributed by atoms with Crippen molar-refractivity contribution in [2.24, 2.45) is 0 Å². The van der Waals surface area contributed by atoms with Gasteiger partial charge in [-0.1, -0.05) is 42.5 Å². The Hall–Kier alpha value is -2.18. The number of aliphatic hydroxyl groups is 1. The van der Waals surface area contributed by atoms with Crippen LogP contribution < -0.4 is 5.32 Å². The van der Waals surface area contributed by atoms with Gasteiger partial charge in [-0.15, -0.1) is 0 Å². The topological polar surface area (TPSA) is 72.9 Å². The number of aliphatic hydroxyl groups excluding tert-OH is 1. The second-order valence-electron chi connectivity index (χ2n) is 5.86. The molecule has 1 aromatic rings. The lowest BCUT2D eigenvalue weighted by molar-refractivity contribution is -0.138. The minimum atomic E-state index is -0.465. The summed E-state index contributed by atoms with van der Waals surface area (Å²) in [5, 5.41) is 11.7. The molecule has 0 bridgehead atoms. The van der Waals surface area contributed by atoms with E-state index >= 15 is 0 Å². The van der Waals surface area contributed by atoms with Gasteiger partial charge in [-0.3, -0.25) is 14.5 Å². The van der Waals surface area contributed by atoms with Crippen molar-refractivity contribution in [3.8, 4) is 0 Å². The number of benzene rings is 1. The van der Waals surface area contributed by atoms with Crippen molar-refractivity contribution in [3.05, 3.63) is 42.0 Å². The third-order valence-electron chi connectivity index (χ3n) is 4.12. The second-order valence-corrected chi connectivity index (χ2v) is 5.86. The van der Waals surface area contributed by atoms with Crippen LogP contribution in [0.4, 0.5) is 0 Å². The molecule has 1 aromatic carbocycles. The highest BCUT2D eigenvalue weighted by molar-refractivity contribution is 5.88. The molecule has 0 unspecified atom stereocenters. The van der Waals surface area contributed by atoms with Crippen LogP contribution in [0.5, 0.6) is 0 Å². The van der Waals surface area contributed by atoms with E-state index < -0.39 is 6.04 Å². The summed E-state index contributed by atoms with van der Waals surface area (Å²) in [6, 6.07) is 9.50. The first-order valence-electron chi connectivity index (χ1n) is 8.20. The third-order valence-corrected chi connectivity index (χ3v) is 4.12. The molecule has 1 fully saturated rings. The molecule has 1 atom stereocenters. The quantitative estimate of drug-likeness (QED) is 0.756. The van der Waals surface area contributed by atoms with E-state index in [1.165, 1.54) is 4.90 Å². The van der Waals surface area contributed by atoms with Gasteiger partial charge in [0.15, 0.2) is 0 Å². The highest BCUT2D eigenvalue weighted by Gasteiger charge is 2.31. The average molecular weight is 331 g/mol. The Kier molecular flexibility index (Phi) is 6.96. The third kappa shape index (κ3) is 5.18. The van der Waals surface area contributed by atoms with E-state index in [9.17, 15) is 9.59 Å². The van der Waals surface area contributed by atoms with E-state index in [4.69, 9.17) is 5.11 Å². The molecule has 2 rings (SSSR count). The van der Waals surface area contributed by atoms with Crippen LogP contribution in [0.15, 0.2) is 36.4 Å². The molecule has 130 valence electrons. The maximum absolute atomic E-state index is 12.2. The number of carbonyl (C=O) groups is 2. The summed E-state index contributed by atoms with van der Waals surface area (Å²) in [7, 11) is 1.64. The summed E-state index contributed by atoms with van der Waals surface area (Å²) < 4.78 is 0. The van der Waals surface area contributed by atoms with Gasteiger partial charge in [0, 0.05) is 33.2 Å². The normalized spacial score (nSPS) is 18.6. The summed E-state index contributed by atoms with van der Waals surface area (Å²) >= 11 is 0. The second kappa shape index (κ2) is 9.20. The summed E-state index contributed by atoms with van der Waals surface area (Å²) in [6.07, 6.45) is 4.16. The van der Waals surface area contributed by atoms with Gasteiger partial charge in [-0.05, 0) is 5.56 Å². The lowest BCUT2D eigenvalue weighted by Gasteiger charge is -2.34. The van der Waals surface area contributed by atoms with Crippen LogP contribution in [-0.2, 0) is 9.59 Å². The summed E-state index contributed by atoms with van der Waals surface area (Å²) in [5.41, 5.74) is 1.11. The fourth-order valence-electron chi connectivity index (χ4n) is 2.69. The summed E-state index contributed by atoms with van der Waals surface area (Å²) in [5.74, 6) is -0.247. The van der Waals surface area contributed by atoms with Crippen LogP contribution in [0.2, 0.25) is 0 Å². The Morgan fingerprint density at radius 1 is 1.42 bits per heavy atom. The van der Waals surface area contributed by atoms with Crippen molar-refractivity contribution in [3.63, 3.8) is 0 Å². The number of hydrogen-bond acceptors (Lipinski definition) is 4. The highest BCUT2D eigenvalue weighted by atomic mass is 16.3. The molecule has 0 saturated carbocycles.